The van der Waals surface area contributed by atoms with Crippen LogP contribution < -0.4 is 10.1 Å². The molecule has 1 aromatic heterocycles. The van der Waals surface area contributed by atoms with Crippen molar-refractivity contribution in [2.75, 3.05) is 13.4 Å². The van der Waals surface area contributed by atoms with E-state index < -0.39 is 0 Å². The summed E-state index contributed by atoms with van der Waals surface area (Å²) < 4.78 is 6.42. The third-order valence-corrected chi connectivity index (χ3v) is 5.76. The van der Waals surface area contributed by atoms with Crippen molar-refractivity contribution in [2.24, 2.45) is 0 Å². The molecule has 6 heteroatoms. The predicted octanol–water partition coefficient (Wildman–Crippen LogP) is 5.22. The number of nitrogens with one attached hydrogen (secondary N) is 1. The molecule has 0 fully saturated rings. The summed E-state index contributed by atoms with van der Waals surface area (Å²) in [7, 11) is 1.57. The highest BCUT2D eigenvalue weighted by Crippen LogP contribution is 2.38. The van der Waals surface area contributed by atoms with E-state index in [4.69, 9.17) is 16.3 Å². The third kappa shape index (κ3) is 3.53. The molecule has 0 aliphatic heterocycles. The molecule has 0 unspecified atom stereocenters. The predicted molar refractivity (Wildman–Crippen MR) is 103 cm³/mol. The number of hydrogen-bond acceptors (Lipinski definition) is 4. The van der Waals surface area contributed by atoms with E-state index in [9.17, 15) is 4.79 Å². The summed E-state index contributed by atoms with van der Waals surface area (Å²) in [5.74, 6) is 0.436. The quantitative estimate of drug-likeness (QED) is 0.620. The Morgan fingerprint density at radius 2 is 2.00 bits per heavy atom. The molecular weight excluding hydrogens is 362 g/mol. The molecule has 3 rings (SSSR count). The van der Waals surface area contributed by atoms with Crippen LogP contribution in [0, 0.1) is 0 Å². The molecule has 2 aromatic carbocycles. The van der Waals surface area contributed by atoms with Crippen LogP contribution in [0.25, 0.3) is 10.1 Å². The zero-order valence-electron chi connectivity index (χ0n) is 13.3. The van der Waals surface area contributed by atoms with Gasteiger partial charge in [0.1, 0.15) is 10.6 Å². The monoisotopic (exact) mass is 377 g/mol. The molecule has 124 valence electrons. The van der Waals surface area contributed by atoms with Gasteiger partial charge in [-0.15, -0.1) is 23.1 Å². The molecule has 3 nitrogen and oxygen atoms in total. The first kappa shape index (κ1) is 17.1. The normalized spacial score (nSPS) is 10.8. The molecule has 0 saturated carbocycles. The molecule has 0 aliphatic carbocycles. The Morgan fingerprint density at radius 1 is 1.25 bits per heavy atom. The number of carbonyl (C=O) groups is 1. The number of methoxy groups -OCH3 is 1. The van der Waals surface area contributed by atoms with Crippen LogP contribution in [0.1, 0.15) is 15.2 Å². The van der Waals surface area contributed by atoms with Gasteiger partial charge in [0.15, 0.2) is 0 Å². The minimum Gasteiger partial charge on any atom is -0.494 e. The summed E-state index contributed by atoms with van der Waals surface area (Å²) in [4.78, 5) is 14.3. The van der Waals surface area contributed by atoms with Crippen molar-refractivity contribution < 1.29 is 9.53 Å². The van der Waals surface area contributed by atoms with Gasteiger partial charge in [-0.1, -0.05) is 23.7 Å². The Labute approximate surface area is 154 Å². The summed E-state index contributed by atoms with van der Waals surface area (Å²) >= 11 is 9.15. The zero-order valence-corrected chi connectivity index (χ0v) is 15.6. The average Bonchev–Trinajstić information content (AvgIpc) is 2.97. The second kappa shape index (κ2) is 7.47. The number of amides is 1. The van der Waals surface area contributed by atoms with Gasteiger partial charge in [0.25, 0.3) is 5.91 Å². The van der Waals surface area contributed by atoms with Gasteiger partial charge in [-0.2, -0.15) is 0 Å². The van der Waals surface area contributed by atoms with Gasteiger partial charge in [0.2, 0.25) is 0 Å². The number of benzene rings is 2. The standard InChI is InChI=1S/C18H16ClNO2S2/c1-22-16-14-9-12(19)5-8-15(14)24-17(16)18(21)20-10-11-3-6-13(23-2)7-4-11/h3-9H,10H2,1-2H3,(H,20,21). The van der Waals surface area contributed by atoms with E-state index in [2.05, 4.69) is 5.32 Å². The Kier molecular flexibility index (Phi) is 5.33. The van der Waals surface area contributed by atoms with Crippen LogP contribution in [0.5, 0.6) is 5.75 Å². The van der Waals surface area contributed by atoms with Crippen molar-refractivity contribution in [3.63, 3.8) is 0 Å². The molecule has 0 bridgehead atoms. The van der Waals surface area contributed by atoms with Crippen molar-refractivity contribution in [1.82, 2.24) is 5.32 Å². The second-order valence-electron chi connectivity index (χ2n) is 5.14. The number of carbonyl (C=O) groups excluding carboxylic acids is 1. The summed E-state index contributed by atoms with van der Waals surface area (Å²) in [6.45, 7) is 0.478. The molecule has 0 aliphatic rings. The molecule has 3 aromatic rings. The topological polar surface area (TPSA) is 38.3 Å². The Hall–Kier alpha value is -1.69. The van der Waals surface area contributed by atoms with E-state index in [-0.39, 0.29) is 5.91 Å². The van der Waals surface area contributed by atoms with Crippen molar-refractivity contribution in [3.05, 3.63) is 57.9 Å². The van der Waals surface area contributed by atoms with Crippen LogP contribution in [-0.2, 0) is 6.54 Å². The molecule has 0 saturated heterocycles. The highest BCUT2D eigenvalue weighted by molar-refractivity contribution is 7.98. The first-order valence-corrected chi connectivity index (χ1v) is 9.71. The van der Waals surface area contributed by atoms with Crippen molar-refractivity contribution in [2.45, 2.75) is 11.4 Å². The van der Waals surface area contributed by atoms with Gasteiger partial charge in [-0.3, -0.25) is 4.79 Å². The van der Waals surface area contributed by atoms with Gasteiger partial charge >= 0.3 is 0 Å². The summed E-state index contributed by atoms with van der Waals surface area (Å²) in [6.07, 6.45) is 2.04. The lowest BCUT2D eigenvalue weighted by molar-refractivity contribution is 0.0952. The van der Waals surface area contributed by atoms with Crippen molar-refractivity contribution in [1.29, 1.82) is 0 Å². The maximum Gasteiger partial charge on any atom is 0.265 e. The van der Waals surface area contributed by atoms with Gasteiger partial charge in [-0.25, -0.2) is 0 Å². The van der Waals surface area contributed by atoms with E-state index in [1.54, 1.807) is 18.9 Å². The fourth-order valence-electron chi connectivity index (χ4n) is 2.41. The summed E-state index contributed by atoms with van der Waals surface area (Å²) in [5, 5.41) is 4.44. The SMILES string of the molecule is COc1c(C(=O)NCc2ccc(SC)cc2)sc2ccc(Cl)cc12. The molecular formula is C18H16ClNO2S2. The number of fused-ring (bicyclic) bond motifs is 1. The average molecular weight is 378 g/mol. The van der Waals surface area contributed by atoms with Gasteiger partial charge in [-0.05, 0) is 42.2 Å². The number of ether oxygens (including phenoxy) is 1. The van der Waals surface area contributed by atoms with Gasteiger partial charge in [0, 0.05) is 26.5 Å². The smallest absolute Gasteiger partial charge is 0.265 e. The van der Waals surface area contributed by atoms with Crippen molar-refractivity contribution >= 4 is 50.7 Å². The molecule has 24 heavy (non-hydrogen) atoms. The lowest BCUT2D eigenvalue weighted by Gasteiger charge is -2.06. The summed E-state index contributed by atoms with van der Waals surface area (Å²) in [6, 6.07) is 13.7. The van der Waals surface area contributed by atoms with E-state index in [1.807, 2.05) is 48.7 Å². The van der Waals surface area contributed by atoms with E-state index in [0.29, 0.717) is 22.2 Å². The molecule has 1 heterocycles. The van der Waals surface area contributed by atoms with Gasteiger partial charge < -0.3 is 10.1 Å². The van der Waals surface area contributed by atoms with E-state index >= 15 is 0 Å². The maximum atomic E-state index is 12.6. The van der Waals surface area contributed by atoms with Gasteiger partial charge in [0.05, 0.1) is 7.11 Å². The summed E-state index contributed by atoms with van der Waals surface area (Å²) in [5.41, 5.74) is 1.06. The molecule has 1 amide bonds. The van der Waals surface area contributed by atoms with Crippen LogP contribution in [0.3, 0.4) is 0 Å². The van der Waals surface area contributed by atoms with Crippen LogP contribution in [-0.4, -0.2) is 19.3 Å². The van der Waals surface area contributed by atoms with E-state index in [1.165, 1.54) is 16.2 Å². The largest absolute Gasteiger partial charge is 0.494 e. The second-order valence-corrected chi connectivity index (χ2v) is 7.50. The van der Waals surface area contributed by atoms with Crippen LogP contribution in [0.4, 0.5) is 0 Å². The number of hydrogen-bond donors (Lipinski definition) is 1. The molecule has 0 atom stereocenters. The lowest BCUT2D eigenvalue weighted by atomic mass is 10.2. The fourth-order valence-corrected chi connectivity index (χ4v) is 4.05. The highest BCUT2D eigenvalue weighted by Gasteiger charge is 2.19. The van der Waals surface area contributed by atoms with Crippen LogP contribution in [0.2, 0.25) is 5.02 Å². The minimum absolute atomic E-state index is 0.141. The van der Waals surface area contributed by atoms with E-state index in [0.717, 1.165) is 15.6 Å². The van der Waals surface area contributed by atoms with Crippen molar-refractivity contribution in [3.8, 4) is 5.75 Å². The molecule has 1 N–H and O–H groups in total. The number of thioether (sulfide) groups is 1. The Balaban J connectivity index is 1.80. The minimum atomic E-state index is -0.141. The molecule has 0 radical (unpaired) electrons. The first-order chi connectivity index (χ1) is 11.6. The van der Waals surface area contributed by atoms with Crippen LogP contribution in [0.15, 0.2) is 47.4 Å². The Bertz CT molecular complexity index is 875. The zero-order chi connectivity index (χ0) is 17.1. The third-order valence-electron chi connectivity index (χ3n) is 3.63. The highest BCUT2D eigenvalue weighted by atomic mass is 35.5. The maximum absolute atomic E-state index is 12.6. The fraction of sp³-hybridized carbons (Fsp3) is 0.167. The molecule has 0 spiro atoms. The van der Waals surface area contributed by atoms with Crippen LogP contribution >= 0.6 is 34.7 Å². The first-order valence-electron chi connectivity index (χ1n) is 7.29. The Morgan fingerprint density at radius 3 is 2.67 bits per heavy atom. The number of thiophene rings is 1. The number of halogens is 1. The lowest BCUT2D eigenvalue weighted by Crippen LogP contribution is -2.22. The number of rotatable bonds is 5.